The molecule has 2 aliphatic heterocycles. The number of thiocarbonyl (C=S) groups is 1. The fraction of sp³-hybridized carbons (Fsp3) is 0.500. The maximum atomic E-state index is 12.8. The highest BCUT2D eigenvalue weighted by molar-refractivity contribution is 8.26. The molecule has 1 aromatic carbocycles. The summed E-state index contributed by atoms with van der Waals surface area (Å²) >= 11 is 6.69. The van der Waals surface area contributed by atoms with Crippen LogP contribution in [0.4, 0.5) is 0 Å². The molecule has 3 rings (SSSR count). The molecule has 1 atom stereocenters. The summed E-state index contributed by atoms with van der Waals surface area (Å²) in [4.78, 5) is 29.5. The van der Waals surface area contributed by atoms with Crippen molar-refractivity contribution >= 4 is 46.2 Å². The molecular weight excluding hydrogens is 420 g/mol. The van der Waals surface area contributed by atoms with Gasteiger partial charge in [0, 0.05) is 32.2 Å². The highest BCUT2D eigenvalue weighted by Crippen LogP contribution is 2.33. The highest BCUT2D eigenvalue weighted by atomic mass is 32.2. The lowest BCUT2D eigenvalue weighted by atomic mass is 9.99. The Bertz CT molecular complexity index is 825. The topological polar surface area (TPSA) is 70.1 Å². The third-order valence-corrected chi connectivity index (χ3v) is 6.83. The molecule has 2 aliphatic rings. The molecule has 0 aliphatic carbocycles. The van der Waals surface area contributed by atoms with Crippen molar-refractivity contribution < 1.29 is 19.4 Å². The zero-order chi connectivity index (χ0) is 21.5. The minimum absolute atomic E-state index is 0.102. The standard InChI is InChI=1S/C22H28N2O4S2/c1-28-18-8-4-6-16(14-18)15-19-21(27)24(22(29)30-19)12-5-9-20(26)23-11-3-2-7-17(23)10-13-25/h4,6,8,14-15,17,25H,2-3,5,7,9-13H2,1H3/b19-15-/t17-/m1/s1. The number of nitrogens with zero attached hydrogens (tertiary/aromatic N) is 2. The molecule has 0 aromatic heterocycles. The summed E-state index contributed by atoms with van der Waals surface area (Å²) in [6, 6.07) is 7.65. The third-order valence-electron chi connectivity index (χ3n) is 5.45. The third kappa shape index (κ3) is 5.62. The van der Waals surface area contributed by atoms with Gasteiger partial charge in [-0.1, -0.05) is 36.1 Å². The molecular formula is C22H28N2O4S2. The summed E-state index contributed by atoms with van der Waals surface area (Å²) in [5, 5.41) is 9.24. The summed E-state index contributed by atoms with van der Waals surface area (Å²) in [5.41, 5.74) is 0.880. The predicted molar refractivity (Wildman–Crippen MR) is 123 cm³/mol. The van der Waals surface area contributed by atoms with Gasteiger partial charge < -0.3 is 14.7 Å². The number of methoxy groups -OCH3 is 1. The van der Waals surface area contributed by atoms with E-state index in [0.717, 1.165) is 37.1 Å². The number of carbonyl (C=O) groups excluding carboxylic acids is 2. The van der Waals surface area contributed by atoms with Crippen LogP contribution in [0.1, 0.15) is 44.1 Å². The first-order chi connectivity index (χ1) is 14.5. The average molecular weight is 449 g/mol. The van der Waals surface area contributed by atoms with Gasteiger partial charge in [-0.2, -0.15) is 0 Å². The van der Waals surface area contributed by atoms with E-state index in [1.165, 1.54) is 11.8 Å². The molecule has 2 amide bonds. The van der Waals surface area contributed by atoms with Gasteiger partial charge in [0.15, 0.2) is 0 Å². The fourth-order valence-electron chi connectivity index (χ4n) is 3.89. The van der Waals surface area contributed by atoms with E-state index in [0.29, 0.717) is 35.0 Å². The van der Waals surface area contributed by atoms with Crippen LogP contribution in [0.2, 0.25) is 0 Å². The van der Waals surface area contributed by atoms with Gasteiger partial charge in [0.2, 0.25) is 5.91 Å². The number of hydrogen-bond donors (Lipinski definition) is 1. The second-order valence-electron chi connectivity index (χ2n) is 7.46. The van der Waals surface area contributed by atoms with Crippen molar-refractivity contribution in [3.05, 3.63) is 34.7 Å². The number of ether oxygens (including phenoxy) is 1. The Hall–Kier alpha value is -1.90. The lowest BCUT2D eigenvalue weighted by Gasteiger charge is -2.35. The van der Waals surface area contributed by atoms with Crippen LogP contribution in [0, 0.1) is 0 Å². The van der Waals surface area contributed by atoms with Crippen LogP contribution in [0.25, 0.3) is 6.08 Å². The maximum absolute atomic E-state index is 12.8. The van der Waals surface area contributed by atoms with Crippen molar-refractivity contribution in [2.24, 2.45) is 0 Å². The molecule has 2 fully saturated rings. The van der Waals surface area contributed by atoms with Gasteiger partial charge in [0.1, 0.15) is 10.1 Å². The molecule has 2 heterocycles. The molecule has 0 spiro atoms. The zero-order valence-electron chi connectivity index (χ0n) is 17.2. The van der Waals surface area contributed by atoms with E-state index >= 15 is 0 Å². The smallest absolute Gasteiger partial charge is 0.266 e. The normalized spacial score (nSPS) is 20.9. The first-order valence-corrected chi connectivity index (χ1v) is 11.6. The van der Waals surface area contributed by atoms with Crippen LogP contribution in [0.3, 0.4) is 0 Å². The van der Waals surface area contributed by atoms with E-state index in [9.17, 15) is 14.7 Å². The van der Waals surface area contributed by atoms with Gasteiger partial charge in [-0.05, 0) is 55.9 Å². The van der Waals surface area contributed by atoms with Crippen LogP contribution < -0.4 is 4.74 Å². The molecule has 0 radical (unpaired) electrons. The van der Waals surface area contributed by atoms with E-state index in [4.69, 9.17) is 17.0 Å². The maximum Gasteiger partial charge on any atom is 0.266 e. The Kier molecular flexibility index (Phi) is 8.30. The molecule has 2 saturated heterocycles. The molecule has 30 heavy (non-hydrogen) atoms. The van der Waals surface area contributed by atoms with E-state index < -0.39 is 0 Å². The lowest BCUT2D eigenvalue weighted by molar-refractivity contribution is -0.135. The zero-order valence-corrected chi connectivity index (χ0v) is 18.8. The Balaban J connectivity index is 1.55. The fourth-order valence-corrected chi connectivity index (χ4v) is 5.19. The average Bonchev–Trinajstić information content (AvgIpc) is 3.01. The Morgan fingerprint density at radius 1 is 1.40 bits per heavy atom. The van der Waals surface area contributed by atoms with Gasteiger partial charge in [0.05, 0.1) is 12.0 Å². The number of benzene rings is 1. The number of piperidine rings is 1. The number of aliphatic hydroxyl groups excluding tert-OH is 1. The summed E-state index contributed by atoms with van der Waals surface area (Å²) in [5.74, 6) is 0.719. The van der Waals surface area contributed by atoms with Crippen LogP contribution in [-0.4, -0.2) is 63.9 Å². The van der Waals surface area contributed by atoms with Gasteiger partial charge >= 0.3 is 0 Å². The van der Waals surface area contributed by atoms with E-state index in [2.05, 4.69) is 0 Å². The molecule has 6 nitrogen and oxygen atoms in total. The number of hydrogen-bond acceptors (Lipinski definition) is 6. The number of likely N-dealkylation sites (tertiary alicyclic amines) is 1. The second kappa shape index (κ2) is 10.9. The molecule has 0 bridgehead atoms. The minimum atomic E-state index is -0.114. The van der Waals surface area contributed by atoms with Gasteiger partial charge in [-0.15, -0.1) is 0 Å². The highest BCUT2D eigenvalue weighted by Gasteiger charge is 2.32. The summed E-state index contributed by atoms with van der Waals surface area (Å²) < 4.78 is 5.76. The summed E-state index contributed by atoms with van der Waals surface area (Å²) in [6.07, 6.45) is 6.47. The minimum Gasteiger partial charge on any atom is -0.497 e. The Morgan fingerprint density at radius 2 is 2.23 bits per heavy atom. The van der Waals surface area contributed by atoms with E-state index in [-0.39, 0.29) is 24.5 Å². The molecule has 0 saturated carbocycles. The first kappa shape index (κ1) is 22.8. The number of thioether (sulfide) groups is 1. The van der Waals surface area contributed by atoms with E-state index in [1.54, 1.807) is 12.0 Å². The first-order valence-electron chi connectivity index (χ1n) is 10.3. The SMILES string of the molecule is COc1cccc(/C=C2\SC(=S)N(CCCC(=O)N3CCCC[C@@H]3CCO)C2=O)c1. The van der Waals surface area contributed by atoms with Gasteiger partial charge in [-0.25, -0.2) is 0 Å². The van der Waals surface area contributed by atoms with Crippen molar-refractivity contribution in [2.45, 2.75) is 44.6 Å². The molecule has 1 aromatic rings. The van der Waals surface area contributed by atoms with Crippen LogP contribution >= 0.6 is 24.0 Å². The predicted octanol–water partition coefficient (Wildman–Crippen LogP) is 3.44. The van der Waals surface area contributed by atoms with Crippen LogP contribution in [0.5, 0.6) is 5.75 Å². The van der Waals surface area contributed by atoms with Crippen molar-refractivity contribution in [2.75, 3.05) is 26.8 Å². The van der Waals surface area contributed by atoms with E-state index in [1.807, 2.05) is 35.2 Å². The number of carbonyl (C=O) groups is 2. The van der Waals surface area contributed by atoms with Crippen molar-refractivity contribution in [3.8, 4) is 5.75 Å². The number of rotatable bonds is 8. The molecule has 0 unspecified atom stereocenters. The number of amides is 2. The Labute approximate surface area is 187 Å². The molecule has 1 N–H and O–H groups in total. The summed E-state index contributed by atoms with van der Waals surface area (Å²) in [7, 11) is 1.61. The Morgan fingerprint density at radius 3 is 3.00 bits per heavy atom. The monoisotopic (exact) mass is 448 g/mol. The van der Waals surface area contributed by atoms with Gasteiger partial charge in [0.25, 0.3) is 5.91 Å². The molecule has 162 valence electrons. The summed E-state index contributed by atoms with van der Waals surface area (Å²) in [6.45, 7) is 1.29. The van der Waals surface area contributed by atoms with Crippen molar-refractivity contribution in [1.82, 2.24) is 9.80 Å². The molecule has 8 heteroatoms. The van der Waals surface area contributed by atoms with Gasteiger partial charge in [-0.3, -0.25) is 14.5 Å². The number of aliphatic hydroxyl groups is 1. The quantitative estimate of drug-likeness (QED) is 0.485. The largest absolute Gasteiger partial charge is 0.497 e. The van der Waals surface area contributed by atoms with Crippen LogP contribution in [0.15, 0.2) is 29.2 Å². The lowest BCUT2D eigenvalue weighted by Crippen LogP contribution is -2.44. The second-order valence-corrected chi connectivity index (χ2v) is 9.14. The van der Waals surface area contributed by atoms with Crippen molar-refractivity contribution in [3.63, 3.8) is 0 Å². The van der Waals surface area contributed by atoms with Crippen LogP contribution in [-0.2, 0) is 9.59 Å². The van der Waals surface area contributed by atoms with Crippen molar-refractivity contribution in [1.29, 1.82) is 0 Å².